The number of aldehydes is 1. The minimum Gasteiger partial charge on any atom is -0.461 e. The number of carbonyl (C=O) groups is 1. The van der Waals surface area contributed by atoms with E-state index in [1.54, 1.807) is 41.0 Å². The van der Waals surface area contributed by atoms with Crippen LogP contribution in [-0.2, 0) is 0 Å². The van der Waals surface area contributed by atoms with Crippen molar-refractivity contribution in [1.82, 2.24) is 14.6 Å². The van der Waals surface area contributed by atoms with E-state index in [1.807, 2.05) is 0 Å². The van der Waals surface area contributed by atoms with Gasteiger partial charge < -0.3 is 4.42 Å². The van der Waals surface area contributed by atoms with Crippen LogP contribution in [0.25, 0.3) is 17.2 Å². The van der Waals surface area contributed by atoms with Crippen molar-refractivity contribution in [3.63, 3.8) is 0 Å². The smallest absolute Gasteiger partial charge is 0.204 e. The van der Waals surface area contributed by atoms with Crippen molar-refractivity contribution in [2.75, 3.05) is 0 Å². The maximum atomic E-state index is 10.9. The second kappa shape index (κ2) is 3.30. The van der Waals surface area contributed by atoms with Crippen LogP contribution in [0.3, 0.4) is 0 Å². The van der Waals surface area contributed by atoms with Crippen LogP contribution in [0.1, 0.15) is 10.5 Å². The quantitative estimate of drug-likeness (QED) is 0.609. The highest BCUT2D eigenvalue weighted by Gasteiger charge is 2.12. The topological polar surface area (TPSA) is 60.4 Å². The van der Waals surface area contributed by atoms with E-state index in [2.05, 4.69) is 10.2 Å². The number of hydrogen-bond acceptors (Lipinski definition) is 4. The van der Waals surface area contributed by atoms with E-state index in [-0.39, 0.29) is 0 Å². The molecule has 0 amide bonds. The molecule has 78 valence electrons. The number of pyridine rings is 1. The van der Waals surface area contributed by atoms with E-state index >= 15 is 0 Å². The number of hydrogen-bond donors (Lipinski definition) is 0. The lowest BCUT2D eigenvalue weighted by atomic mass is 10.3. The molecule has 0 unspecified atom stereocenters. The molecular weight excluding hydrogens is 206 g/mol. The third kappa shape index (κ3) is 1.15. The molecule has 3 aromatic rings. The van der Waals surface area contributed by atoms with E-state index in [0.717, 1.165) is 6.29 Å². The molecule has 0 saturated carbocycles. The monoisotopic (exact) mass is 213 g/mol. The normalized spacial score (nSPS) is 10.8. The minimum absolute atomic E-state index is 0.494. The van der Waals surface area contributed by atoms with E-state index in [4.69, 9.17) is 4.42 Å². The fraction of sp³-hybridized carbons (Fsp3) is 0. The molecule has 3 heterocycles. The van der Waals surface area contributed by atoms with Gasteiger partial charge in [0.2, 0.25) is 5.82 Å². The van der Waals surface area contributed by atoms with Crippen molar-refractivity contribution in [3.8, 4) is 11.6 Å². The molecule has 0 aliphatic heterocycles. The molecule has 0 fully saturated rings. The fourth-order valence-electron chi connectivity index (χ4n) is 1.62. The van der Waals surface area contributed by atoms with E-state index in [0.29, 0.717) is 22.9 Å². The second-order valence-corrected chi connectivity index (χ2v) is 3.26. The molecule has 5 heteroatoms. The van der Waals surface area contributed by atoms with Crippen LogP contribution in [0.2, 0.25) is 0 Å². The molecule has 5 nitrogen and oxygen atoms in total. The van der Waals surface area contributed by atoms with Gasteiger partial charge in [-0.1, -0.05) is 6.07 Å². The highest BCUT2D eigenvalue weighted by Crippen LogP contribution is 2.19. The number of rotatable bonds is 2. The molecule has 0 aliphatic carbocycles. The molecule has 0 N–H and O–H groups in total. The van der Waals surface area contributed by atoms with Gasteiger partial charge in [0.1, 0.15) is 0 Å². The fourth-order valence-corrected chi connectivity index (χ4v) is 1.62. The molecule has 0 aromatic carbocycles. The summed E-state index contributed by atoms with van der Waals surface area (Å²) >= 11 is 0. The minimum atomic E-state index is 0.494. The Labute approximate surface area is 90.3 Å². The van der Waals surface area contributed by atoms with Gasteiger partial charge in [-0.25, -0.2) is 0 Å². The average Bonchev–Trinajstić information content (AvgIpc) is 2.96. The highest BCUT2D eigenvalue weighted by atomic mass is 16.3. The van der Waals surface area contributed by atoms with Gasteiger partial charge in [0.15, 0.2) is 17.7 Å². The zero-order chi connectivity index (χ0) is 11.0. The van der Waals surface area contributed by atoms with Crippen molar-refractivity contribution < 1.29 is 9.21 Å². The average molecular weight is 213 g/mol. The van der Waals surface area contributed by atoms with Gasteiger partial charge in [-0.3, -0.25) is 9.20 Å². The number of carbonyl (C=O) groups excluding carboxylic acids is 1. The van der Waals surface area contributed by atoms with E-state index in [9.17, 15) is 4.79 Å². The molecule has 0 saturated heterocycles. The molecule has 3 aromatic heterocycles. The summed E-state index contributed by atoms with van der Waals surface area (Å²) in [6.07, 6.45) is 2.32. The Morgan fingerprint density at radius 2 is 2.12 bits per heavy atom. The molecule has 16 heavy (non-hydrogen) atoms. The summed E-state index contributed by atoms with van der Waals surface area (Å²) in [4.78, 5) is 10.9. The first kappa shape index (κ1) is 8.84. The lowest BCUT2D eigenvalue weighted by Gasteiger charge is -1.99. The van der Waals surface area contributed by atoms with Crippen LogP contribution < -0.4 is 0 Å². The van der Waals surface area contributed by atoms with Crippen molar-refractivity contribution in [2.24, 2.45) is 0 Å². The molecule has 0 radical (unpaired) electrons. The third-order valence-electron chi connectivity index (χ3n) is 2.32. The maximum Gasteiger partial charge on any atom is 0.204 e. The number of nitrogens with zero attached hydrogens (tertiary/aromatic N) is 3. The number of aromatic nitrogens is 3. The Hall–Kier alpha value is -2.43. The molecule has 0 aliphatic rings. The SMILES string of the molecule is O=Cc1cccc2nnc(-c3ccco3)n12. The predicted octanol–water partition coefficient (Wildman–Crippen LogP) is 1.80. The zero-order valence-electron chi connectivity index (χ0n) is 8.20. The van der Waals surface area contributed by atoms with Crippen molar-refractivity contribution in [1.29, 1.82) is 0 Å². The number of fused-ring (bicyclic) bond motifs is 1. The summed E-state index contributed by atoms with van der Waals surface area (Å²) in [5.74, 6) is 1.12. The van der Waals surface area contributed by atoms with Gasteiger partial charge in [-0.2, -0.15) is 0 Å². The van der Waals surface area contributed by atoms with Gasteiger partial charge in [0.25, 0.3) is 0 Å². The summed E-state index contributed by atoms with van der Waals surface area (Å²) in [5, 5.41) is 7.98. The molecular formula is C11H7N3O2. The van der Waals surface area contributed by atoms with Crippen LogP contribution >= 0.6 is 0 Å². The van der Waals surface area contributed by atoms with E-state index < -0.39 is 0 Å². The van der Waals surface area contributed by atoms with Gasteiger partial charge in [-0.15, -0.1) is 10.2 Å². The largest absolute Gasteiger partial charge is 0.461 e. The zero-order valence-corrected chi connectivity index (χ0v) is 8.20. The maximum absolute atomic E-state index is 10.9. The Morgan fingerprint density at radius 1 is 1.19 bits per heavy atom. The second-order valence-electron chi connectivity index (χ2n) is 3.26. The third-order valence-corrected chi connectivity index (χ3v) is 2.32. The van der Waals surface area contributed by atoms with Crippen molar-refractivity contribution in [3.05, 3.63) is 42.3 Å². The van der Waals surface area contributed by atoms with Crippen LogP contribution in [0, 0.1) is 0 Å². The van der Waals surface area contributed by atoms with Crippen molar-refractivity contribution >= 4 is 11.9 Å². The first-order valence-electron chi connectivity index (χ1n) is 4.73. The van der Waals surface area contributed by atoms with Crippen LogP contribution in [0.4, 0.5) is 0 Å². The molecule has 0 bridgehead atoms. The Kier molecular flexibility index (Phi) is 1.83. The van der Waals surface area contributed by atoms with Crippen molar-refractivity contribution in [2.45, 2.75) is 0 Å². The Balaban J connectivity index is 2.38. The van der Waals surface area contributed by atoms with Crippen LogP contribution in [-0.4, -0.2) is 20.9 Å². The molecule has 3 rings (SSSR count). The summed E-state index contributed by atoms with van der Waals surface area (Å²) in [5.41, 5.74) is 1.12. The highest BCUT2D eigenvalue weighted by molar-refractivity contribution is 5.75. The summed E-state index contributed by atoms with van der Waals surface area (Å²) < 4.78 is 6.90. The Morgan fingerprint density at radius 3 is 2.88 bits per heavy atom. The van der Waals surface area contributed by atoms with Crippen LogP contribution in [0.15, 0.2) is 41.0 Å². The summed E-state index contributed by atoms with van der Waals surface area (Å²) in [6, 6.07) is 8.79. The van der Waals surface area contributed by atoms with Gasteiger partial charge in [-0.05, 0) is 24.3 Å². The van der Waals surface area contributed by atoms with Gasteiger partial charge in [0.05, 0.1) is 12.0 Å². The summed E-state index contributed by atoms with van der Waals surface area (Å²) in [6.45, 7) is 0. The first-order chi connectivity index (χ1) is 7.90. The molecule has 0 spiro atoms. The molecule has 0 atom stereocenters. The lowest BCUT2D eigenvalue weighted by Crippen LogP contribution is -1.96. The number of furan rings is 1. The van der Waals surface area contributed by atoms with Gasteiger partial charge in [0, 0.05) is 0 Å². The first-order valence-corrected chi connectivity index (χ1v) is 4.73. The Bertz CT molecular complexity index is 640. The van der Waals surface area contributed by atoms with E-state index in [1.165, 1.54) is 0 Å². The lowest BCUT2D eigenvalue weighted by molar-refractivity contribution is 0.111. The van der Waals surface area contributed by atoms with Gasteiger partial charge >= 0.3 is 0 Å². The van der Waals surface area contributed by atoms with Crippen LogP contribution in [0.5, 0.6) is 0 Å². The standard InChI is InChI=1S/C11H7N3O2/c15-7-8-3-1-5-10-12-13-11(14(8)10)9-4-2-6-16-9/h1-7H. The predicted molar refractivity (Wildman–Crippen MR) is 56.1 cm³/mol. The summed E-state index contributed by atoms with van der Waals surface area (Å²) in [7, 11) is 0.